The standard InChI is InChI=1S/C18H18O4/c1-12-8-9-14(10-13(12)2)11-17(18(19)20)22-16-7-5-4-6-15(16)21-3/h4-11H,1-3H3,(H,19,20). The van der Waals surface area contributed by atoms with Gasteiger partial charge in [0.2, 0.25) is 5.76 Å². The van der Waals surface area contributed by atoms with Crippen LogP contribution in [0.1, 0.15) is 16.7 Å². The minimum Gasteiger partial charge on any atom is -0.493 e. The Kier molecular flexibility index (Phi) is 4.84. The molecule has 22 heavy (non-hydrogen) atoms. The number of carboxylic acid groups (broad SMARTS) is 1. The van der Waals surface area contributed by atoms with E-state index in [9.17, 15) is 9.90 Å². The molecule has 4 heteroatoms. The summed E-state index contributed by atoms with van der Waals surface area (Å²) in [5, 5.41) is 9.35. The van der Waals surface area contributed by atoms with Crippen molar-refractivity contribution in [3.8, 4) is 11.5 Å². The van der Waals surface area contributed by atoms with Crippen LogP contribution in [-0.4, -0.2) is 18.2 Å². The van der Waals surface area contributed by atoms with Crippen molar-refractivity contribution in [2.24, 2.45) is 0 Å². The third-order valence-electron chi connectivity index (χ3n) is 3.33. The number of rotatable bonds is 5. The highest BCUT2D eigenvalue weighted by atomic mass is 16.5. The molecule has 0 aromatic heterocycles. The average Bonchev–Trinajstić information content (AvgIpc) is 2.50. The van der Waals surface area contributed by atoms with E-state index in [1.54, 1.807) is 24.3 Å². The third-order valence-corrected chi connectivity index (χ3v) is 3.33. The fraction of sp³-hybridized carbons (Fsp3) is 0.167. The molecule has 114 valence electrons. The maximum Gasteiger partial charge on any atom is 0.371 e. The van der Waals surface area contributed by atoms with Gasteiger partial charge in [-0.05, 0) is 48.7 Å². The van der Waals surface area contributed by atoms with E-state index in [4.69, 9.17) is 9.47 Å². The van der Waals surface area contributed by atoms with Gasteiger partial charge in [0.15, 0.2) is 11.5 Å². The number of ether oxygens (including phenoxy) is 2. The number of hydrogen-bond acceptors (Lipinski definition) is 3. The van der Waals surface area contributed by atoms with Crippen LogP contribution in [-0.2, 0) is 4.79 Å². The summed E-state index contributed by atoms with van der Waals surface area (Å²) >= 11 is 0. The summed E-state index contributed by atoms with van der Waals surface area (Å²) in [5.41, 5.74) is 3.02. The molecule has 1 N–H and O–H groups in total. The summed E-state index contributed by atoms with van der Waals surface area (Å²) in [5.74, 6) is -0.450. The van der Waals surface area contributed by atoms with Crippen molar-refractivity contribution >= 4 is 12.0 Å². The molecule has 0 unspecified atom stereocenters. The predicted octanol–water partition coefficient (Wildman–Crippen LogP) is 3.82. The minimum atomic E-state index is -1.14. The summed E-state index contributed by atoms with van der Waals surface area (Å²) in [6, 6.07) is 12.7. The number of para-hydroxylation sites is 2. The molecular weight excluding hydrogens is 280 g/mol. The third kappa shape index (κ3) is 3.67. The average molecular weight is 298 g/mol. The first-order valence-electron chi connectivity index (χ1n) is 6.84. The first kappa shape index (κ1) is 15.6. The Morgan fingerprint density at radius 1 is 1.05 bits per heavy atom. The fourth-order valence-corrected chi connectivity index (χ4v) is 1.96. The number of aryl methyl sites for hydroxylation is 2. The van der Waals surface area contributed by atoms with Gasteiger partial charge < -0.3 is 14.6 Å². The predicted molar refractivity (Wildman–Crippen MR) is 85.2 cm³/mol. The van der Waals surface area contributed by atoms with Gasteiger partial charge in [-0.25, -0.2) is 4.79 Å². The van der Waals surface area contributed by atoms with E-state index >= 15 is 0 Å². The van der Waals surface area contributed by atoms with Crippen LogP contribution in [0.5, 0.6) is 11.5 Å². The molecule has 0 atom stereocenters. The topological polar surface area (TPSA) is 55.8 Å². The Morgan fingerprint density at radius 2 is 1.73 bits per heavy atom. The number of hydrogen-bond donors (Lipinski definition) is 1. The van der Waals surface area contributed by atoms with Crippen LogP contribution in [0, 0.1) is 13.8 Å². The molecular formula is C18H18O4. The van der Waals surface area contributed by atoms with Crippen LogP contribution in [0.25, 0.3) is 6.08 Å². The number of carbonyl (C=O) groups is 1. The molecule has 0 aliphatic heterocycles. The lowest BCUT2D eigenvalue weighted by atomic mass is 10.1. The normalized spacial score (nSPS) is 11.1. The molecule has 0 amide bonds. The van der Waals surface area contributed by atoms with Gasteiger partial charge in [-0.1, -0.05) is 30.3 Å². The summed E-state index contributed by atoms with van der Waals surface area (Å²) < 4.78 is 10.7. The number of benzene rings is 2. The summed E-state index contributed by atoms with van der Waals surface area (Å²) in [7, 11) is 1.51. The number of methoxy groups -OCH3 is 1. The van der Waals surface area contributed by atoms with E-state index in [0.717, 1.165) is 16.7 Å². The van der Waals surface area contributed by atoms with Gasteiger partial charge in [0.25, 0.3) is 0 Å². The molecule has 0 radical (unpaired) electrons. The van der Waals surface area contributed by atoms with Gasteiger partial charge in [0.1, 0.15) is 0 Å². The minimum absolute atomic E-state index is 0.159. The van der Waals surface area contributed by atoms with E-state index in [0.29, 0.717) is 11.5 Å². The zero-order chi connectivity index (χ0) is 16.1. The van der Waals surface area contributed by atoms with E-state index in [-0.39, 0.29) is 5.76 Å². The zero-order valence-electron chi connectivity index (χ0n) is 12.8. The quantitative estimate of drug-likeness (QED) is 0.673. The van der Waals surface area contributed by atoms with E-state index in [1.165, 1.54) is 13.2 Å². The highest BCUT2D eigenvalue weighted by Crippen LogP contribution is 2.28. The van der Waals surface area contributed by atoms with Crippen LogP contribution < -0.4 is 9.47 Å². The highest BCUT2D eigenvalue weighted by Gasteiger charge is 2.13. The summed E-state index contributed by atoms with van der Waals surface area (Å²) in [4.78, 5) is 11.4. The Balaban J connectivity index is 2.35. The smallest absolute Gasteiger partial charge is 0.371 e. The van der Waals surface area contributed by atoms with Crippen LogP contribution >= 0.6 is 0 Å². The molecule has 0 fully saturated rings. The molecule has 0 bridgehead atoms. The second-order valence-electron chi connectivity index (χ2n) is 4.91. The van der Waals surface area contributed by atoms with Crippen molar-refractivity contribution in [3.63, 3.8) is 0 Å². The Labute approximate surface area is 129 Å². The molecule has 4 nitrogen and oxygen atoms in total. The molecule has 0 heterocycles. The van der Waals surface area contributed by atoms with Gasteiger partial charge in [-0.2, -0.15) is 0 Å². The second-order valence-corrected chi connectivity index (χ2v) is 4.91. The van der Waals surface area contributed by atoms with Gasteiger partial charge in [0.05, 0.1) is 7.11 Å². The van der Waals surface area contributed by atoms with Gasteiger partial charge in [0, 0.05) is 0 Å². The second kappa shape index (κ2) is 6.80. The molecule has 2 aromatic carbocycles. The lowest BCUT2D eigenvalue weighted by molar-refractivity contribution is -0.134. The van der Waals surface area contributed by atoms with Gasteiger partial charge in [-0.15, -0.1) is 0 Å². The first-order chi connectivity index (χ1) is 10.5. The lowest BCUT2D eigenvalue weighted by Crippen LogP contribution is -2.08. The van der Waals surface area contributed by atoms with Crippen LogP contribution in [0.2, 0.25) is 0 Å². The largest absolute Gasteiger partial charge is 0.493 e. The van der Waals surface area contributed by atoms with Crippen molar-refractivity contribution in [3.05, 3.63) is 64.9 Å². The zero-order valence-corrected chi connectivity index (χ0v) is 12.8. The van der Waals surface area contributed by atoms with Crippen LogP contribution in [0.3, 0.4) is 0 Å². The molecule has 0 saturated carbocycles. The Bertz CT molecular complexity index is 717. The maximum absolute atomic E-state index is 11.4. The van der Waals surface area contributed by atoms with E-state index in [2.05, 4.69) is 0 Å². The van der Waals surface area contributed by atoms with Crippen molar-refractivity contribution in [1.29, 1.82) is 0 Å². The Morgan fingerprint density at radius 3 is 2.32 bits per heavy atom. The first-order valence-corrected chi connectivity index (χ1v) is 6.84. The summed E-state index contributed by atoms with van der Waals surface area (Å²) in [6.45, 7) is 3.99. The Hall–Kier alpha value is -2.75. The van der Waals surface area contributed by atoms with Gasteiger partial charge >= 0.3 is 5.97 Å². The van der Waals surface area contributed by atoms with E-state index < -0.39 is 5.97 Å². The van der Waals surface area contributed by atoms with Crippen molar-refractivity contribution in [2.75, 3.05) is 7.11 Å². The van der Waals surface area contributed by atoms with Crippen molar-refractivity contribution in [1.82, 2.24) is 0 Å². The molecule has 0 spiro atoms. The van der Waals surface area contributed by atoms with E-state index in [1.807, 2.05) is 32.0 Å². The monoisotopic (exact) mass is 298 g/mol. The number of aliphatic carboxylic acids is 1. The van der Waals surface area contributed by atoms with Gasteiger partial charge in [-0.3, -0.25) is 0 Å². The molecule has 0 aliphatic carbocycles. The maximum atomic E-state index is 11.4. The highest BCUT2D eigenvalue weighted by molar-refractivity contribution is 5.90. The number of carboxylic acids is 1. The fourth-order valence-electron chi connectivity index (χ4n) is 1.96. The lowest BCUT2D eigenvalue weighted by Gasteiger charge is -2.10. The van der Waals surface area contributed by atoms with Crippen LogP contribution in [0.15, 0.2) is 48.2 Å². The molecule has 2 rings (SSSR count). The van der Waals surface area contributed by atoms with Crippen LogP contribution in [0.4, 0.5) is 0 Å². The SMILES string of the molecule is COc1ccccc1OC(=Cc1ccc(C)c(C)c1)C(=O)O. The molecule has 2 aromatic rings. The van der Waals surface area contributed by atoms with Crippen molar-refractivity contribution < 1.29 is 19.4 Å². The summed E-state index contributed by atoms with van der Waals surface area (Å²) in [6.07, 6.45) is 1.50. The molecule has 0 saturated heterocycles. The van der Waals surface area contributed by atoms with Crippen molar-refractivity contribution in [2.45, 2.75) is 13.8 Å². The molecule has 0 aliphatic rings.